The molecule has 2 heterocycles. The zero-order chi connectivity index (χ0) is 22.9. The Kier molecular flexibility index (Phi) is 10.8. The second-order valence-corrected chi connectivity index (χ2v) is 10.2. The van der Waals surface area contributed by atoms with E-state index in [4.69, 9.17) is 18.9 Å². The molecule has 176 valence electrons. The highest BCUT2D eigenvalue weighted by Gasteiger charge is 2.36. The summed E-state index contributed by atoms with van der Waals surface area (Å²) in [6.07, 6.45) is 5.82. The van der Waals surface area contributed by atoms with Gasteiger partial charge in [-0.3, -0.25) is 9.59 Å². The Morgan fingerprint density at radius 3 is 1.40 bits per heavy atom. The van der Waals surface area contributed by atoms with Crippen molar-refractivity contribution in [3.8, 4) is 0 Å². The number of hydrogen-bond acceptors (Lipinski definition) is 6. The number of esters is 2. The van der Waals surface area contributed by atoms with E-state index in [-0.39, 0.29) is 35.3 Å². The molecular formula is C24H44O6. The van der Waals surface area contributed by atoms with Crippen molar-refractivity contribution in [1.82, 2.24) is 0 Å². The number of ether oxygens (including phenoxy) is 4. The molecule has 2 aliphatic heterocycles. The van der Waals surface area contributed by atoms with Gasteiger partial charge in [-0.2, -0.15) is 0 Å². The van der Waals surface area contributed by atoms with Crippen molar-refractivity contribution in [2.45, 2.75) is 117 Å². The molecule has 2 fully saturated rings. The molecule has 0 bridgehead atoms. The van der Waals surface area contributed by atoms with Crippen LogP contribution in [0.2, 0.25) is 0 Å². The van der Waals surface area contributed by atoms with Gasteiger partial charge in [-0.25, -0.2) is 0 Å². The molecule has 0 aromatic rings. The van der Waals surface area contributed by atoms with Crippen LogP contribution in [-0.4, -0.2) is 48.6 Å². The summed E-state index contributed by atoms with van der Waals surface area (Å²) in [6, 6.07) is 0. The average molecular weight is 429 g/mol. The van der Waals surface area contributed by atoms with Crippen molar-refractivity contribution in [1.29, 1.82) is 0 Å². The molecule has 4 atom stereocenters. The second kappa shape index (κ2) is 12.0. The third-order valence-corrected chi connectivity index (χ3v) is 5.54. The zero-order valence-electron chi connectivity index (χ0n) is 20.4. The number of carbonyl (C=O) groups excluding carboxylic acids is 2. The van der Waals surface area contributed by atoms with Gasteiger partial charge < -0.3 is 18.9 Å². The SMILES string of the molecule is CC(=O)O[C@@]1(C)CCO[C@@H](CC(C)C)C1.CC(=O)O[C@]1(C)CCO[C@@H](CC(C)C)C1. The van der Waals surface area contributed by atoms with Gasteiger partial charge >= 0.3 is 11.9 Å². The molecule has 6 heteroatoms. The topological polar surface area (TPSA) is 71.1 Å². The van der Waals surface area contributed by atoms with Gasteiger partial charge in [-0.15, -0.1) is 0 Å². The first-order chi connectivity index (χ1) is 13.8. The van der Waals surface area contributed by atoms with Crippen LogP contribution >= 0.6 is 0 Å². The lowest BCUT2D eigenvalue weighted by atomic mass is 9.88. The number of hydrogen-bond donors (Lipinski definition) is 0. The third-order valence-electron chi connectivity index (χ3n) is 5.54. The maximum atomic E-state index is 11.0. The first-order valence-electron chi connectivity index (χ1n) is 11.4. The van der Waals surface area contributed by atoms with Crippen LogP contribution in [0.5, 0.6) is 0 Å². The molecule has 0 aliphatic carbocycles. The maximum Gasteiger partial charge on any atom is 0.303 e. The fourth-order valence-corrected chi connectivity index (χ4v) is 4.40. The Bertz CT molecular complexity index is 498. The molecule has 2 saturated heterocycles. The molecule has 0 aromatic heterocycles. The Labute approximate surface area is 183 Å². The Hall–Kier alpha value is -1.14. The summed E-state index contributed by atoms with van der Waals surface area (Å²) in [4.78, 5) is 22.0. The van der Waals surface area contributed by atoms with E-state index in [2.05, 4.69) is 27.7 Å². The maximum absolute atomic E-state index is 11.0. The van der Waals surface area contributed by atoms with Crippen LogP contribution in [0.25, 0.3) is 0 Å². The standard InChI is InChI=1S/2C12H22O3/c2*1-9(2)7-11-8-12(4,5-6-14-11)15-10(3)13/h2*9,11H,5-8H2,1-4H3/t11-,12+;11-,12-/m00/s1. The average Bonchev–Trinajstić information content (AvgIpc) is 2.51. The van der Waals surface area contributed by atoms with E-state index in [1.807, 2.05) is 13.8 Å². The smallest absolute Gasteiger partial charge is 0.303 e. The van der Waals surface area contributed by atoms with E-state index in [1.54, 1.807) is 0 Å². The summed E-state index contributed by atoms with van der Waals surface area (Å²) in [5.41, 5.74) is -0.632. The second-order valence-electron chi connectivity index (χ2n) is 10.2. The van der Waals surface area contributed by atoms with Gasteiger partial charge in [0.2, 0.25) is 0 Å². The highest BCUT2D eigenvalue weighted by molar-refractivity contribution is 5.66. The van der Waals surface area contributed by atoms with Crippen LogP contribution in [0.15, 0.2) is 0 Å². The first kappa shape index (κ1) is 26.9. The Morgan fingerprint density at radius 1 is 0.800 bits per heavy atom. The molecule has 0 saturated carbocycles. The van der Waals surface area contributed by atoms with Crippen molar-refractivity contribution in [2.75, 3.05) is 13.2 Å². The van der Waals surface area contributed by atoms with Gasteiger partial charge in [0.25, 0.3) is 0 Å². The largest absolute Gasteiger partial charge is 0.459 e. The fourth-order valence-electron chi connectivity index (χ4n) is 4.40. The fraction of sp³-hybridized carbons (Fsp3) is 0.917. The van der Waals surface area contributed by atoms with Gasteiger partial charge in [0.05, 0.1) is 25.4 Å². The normalized spacial score (nSPS) is 31.7. The molecule has 0 spiro atoms. The van der Waals surface area contributed by atoms with Crippen molar-refractivity contribution in [3.63, 3.8) is 0 Å². The minimum Gasteiger partial charge on any atom is -0.459 e. The predicted octanol–water partition coefficient (Wildman–Crippen LogP) is 5.07. The van der Waals surface area contributed by atoms with Crippen molar-refractivity contribution >= 4 is 11.9 Å². The van der Waals surface area contributed by atoms with Crippen LogP contribution in [0, 0.1) is 11.8 Å². The zero-order valence-corrected chi connectivity index (χ0v) is 20.4. The van der Waals surface area contributed by atoms with Crippen molar-refractivity contribution in [2.24, 2.45) is 11.8 Å². The molecule has 6 nitrogen and oxygen atoms in total. The van der Waals surface area contributed by atoms with E-state index >= 15 is 0 Å². The summed E-state index contributed by atoms with van der Waals surface area (Å²) in [5, 5.41) is 0. The van der Waals surface area contributed by atoms with Crippen LogP contribution in [0.4, 0.5) is 0 Å². The summed E-state index contributed by atoms with van der Waals surface area (Å²) < 4.78 is 22.1. The molecule has 0 aromatic carbocycles. The quantitative estimate of drug-likeness (QED) is 0.550. The van der Waals surface area contributed by atoms with Gasteiger partial charge in [0, 0.05) is 39.5 Å². The van der Waals surface area contributed by atoms with Gasteiger partial charge in [-0.05, 0) is 38.5 Å². The highest BCUT2D eigenvalue weighted by atomic mass is 16.6. The number of carbonyl (C=O) groups is 2. The lowest BCUT2D eigenvalue weighted by molar-refractivity contribution is -0.171. The van der Waals surface area contributed by atoms with E-state index < -0.39 is 0 Å². The summed E-state index contributed by atoms with van der Waals surface area (Å²) in [6.45, 7) is 17.1. The van der Waals surface area contributed by atoms with Crippen molar-refractivity contribution in [3.05, 3.63) is 0 Å². The first-order valence-corrected chi connectivity index (χ1v) is 11.4. The minimum absolute atomic E-state index is 0.192. The lowest BCUT2D eigenvalue weighted by Crippen LogP contribution is -2.42. The van der Waals surface area contributed by atoms with Gasteiger partial charge in [-0.1, -0.05) is 27.7 Å². The molecule has 0 radical (unpaired) electrons. The van der Waals surface area contributed by atoms with Crippen LogP contribution in [-0.2, 0) is 28.5 Å². The predicted molar refractivity (Wildman–Crippen MR) is 117 cm³/mol. The van der Waals surface area contributed by atoms with Crippen LogP contribution in [0.3, 0.4) is 0 Å². The monoisotopic (exact) mass is 428 g/mol. The van der Waals surface area contributed by atoms with E-state index in [1.165, 1.54) is 13.8 Å². The molecule has 30 heavy (non-hydrogen) atoms. The van der Waals surface area contributed by atoms with Gasteiger partial charge in [0.15, 0.2) is 0 Å². The molecule has 2 rings (SSSR count). The minimum atomic E-state index is -0.316. The van der Waals surface area contributed by atoms with E-state index in [9.17, 15) is 9.59 Å². The Morgan fingerprint density at radius 2 is 1.13 bits per heavy atom. The summed E-state index contributed by atoms with van der Waals surface area (Å²) in [5.74, 6) is 0.856. The molecular weight excluding hydrogens is 384 g/mol. The molecule has 2 aliphatic rings. The van der Waals surface area contributed by atoms with E-state index in [0.717, 1.165) is 38.5 Å². The number of rotatable bonds is 6. The molecule has 0 unspecified atom stereocenters. The summed E-state index contributed by atoms with van der Waals surface area (Å²) in [7, 11) is 0. The van der Waals surface area contributed by atoms with Crippen molar-refractivity contribution < 1.29 is 28.5 Å². The molecule has 0 N–H and O–H groups in total. The van der Waals surface area contributed by atoms with Gasteiger partial charge in [0.1, 0.15) is 11.2 Å². The lowest BCUT2D eigenvalue weighted by Gasteiger charge is -2.38. The Balaban J connectivity index is 0.000000300. The van der Waals surface area contributed by atoms with E-state index in [0.29, 0.717) is 25.0 Å². The molecule has 0 amide bonds. The van der Waals surface area contributed by atoms with Crippen LogP contribution < -0.4 is 0 Å². The van der Waals surface area contributed by atoms with Crippen LogP contribution in [0.1, 0.15) is 93.9 Å². The third kappa shape index (κ3) is 10.8. The summed E-state index contributed by atoms with van der Waals surface area (Å²) >= 11 is 0. The highest BCUT2D eigenvalue weighted by Crippen LogP contribution is 2.32.